The normalized spacial score (nSPS) is 10.6. The summed E-state index contributed by atoms with van der Waals surface area (Å²) in [4.78, 5) is 19.2. The number of urea groups is 1. The molecule has 0 radical (unpaired) electrons. The van der Waals surface area contributed by atoms with Gasteiger partial charge in [0.25, 0.3) is 0 Å². The standard InChI is InChI=1S/C16H15FN4O/c17-12-2-1-3-14(10-12)21-16(22)19-9-7-13-5-4-11-6-8-18-15(11)20-13/h1-6,8,10H,7,9H2,(H,18,20)(H2,19,21,22). The van der Waals surface area contributed by atoms with Gasteiger partial charge in [-0.25, -0.2) is 14.2 Å². The minimum atomic E-state index is -0.388. The van der Waals surface area contributed by atoms with E-state index < -0.39 is 0 Å². The van der Waals surface area contributed by atoms with E-state index in [1.165, 1.54) is 12.1 Å². The number of carbonyl (C=O) groups excluding carboxylic acids is 1. The number of nitrogens with zero attached hydrogens (tertiary/aromatic N) is 1. The van der Waals surface area contributed by atoms with Crippen LogP contribution in [0, 0.1) is 5.82 Å². The van der Waals surface area contributed by atoms with Crippen molar-refractivity contribution in [1.82, 2.24) is 15.3 Å². The summed E-state index contributed by atoms with van der Waals surface area (Å²) in [6.07, 6.45) is 2.46. The van der Waals surface area contributed by atoms with E-state index in [2.05, 4.69) is 20.6 Å². The second kappa shape index (κ2) is 6.26. The van der Waals surface area contributed by atoms with E-state index in [4.69, 9.17) is 0 Å². The van der Waals surface area contributed by atoms with Crippen molar-refractivity contribution < 1.29 is 9.18 Å². The van der Waals surface area contributed by atoms with Gasteiger partial charge in [-0.05, 0) is 36.4 Å². The molecule has 22 heavy (non-hydrogen) atoms. The molecule has 0 bridgehead atoms. The van der Waals surface area contributed by atoms with Crippen LogP contribution in [0.25, 0.3) is 11.0 Å². The summed E-state index contributed by atoms with van der Waals surface area (Å²) in [5.74, 6) is -0.388. The number of benzene rings is 1. The monoisotopic (exact) mass is 298 g/mol. The lowest BCUT2D eigenvalue weighted by Gasteiger charge is -2.07. The Morgan fingerprint density at radius 3 is 3.00 bits per heavy atom. The first kappa shape index (κ1) is 14.1. The van der Waals surface area contributed by atoms with Gasteiger partial charge in [-0.2, -0.15) is 0 Å². The van der Waals surface area contributed by atoms with Crippen LogP contribution < -0.4 is 10.6 Å². The van der Waals surface area contributed by atoms with Gasteiger partial charge < -0.3 is 15.6 Å². The van der Waals surface area contributed by atoms with Crippen molar-refractivity contribution in [3.8, 4) is 0 Å². The smallest absolute Gasteiger partial charge is 0.319 e. The third-order valence-electron chi connectivity index (χ3n) is 3.22. The zero-order valence-electron chi connectivity index (χ0n) is 11.8. The summed E-state index contributed by atoms with van der Waals surface area (Å²) < 4.78 is 13.0. The lowest BCUT2D eigenvalue weighted by Crippen LogP contribution is -2.30. The molecule has 2 amide bonds. The molecule has 0 aliphatic rings. The molecule has 3 aromatic rings. The Morgan fingerprint density at radius 1 is 1.23 bits per heavy atom. The van der Waals surface area contributed by atoms with Crippen LogP contribution in [0.15, 0.2) is 48.7 Å². The first-order chi connectivity index (χ1) is 10.7. The van der Waals surface area contributed by atoms with E-state index in [0.29, 0.717) is 18.7 Å². The van der Waals surface area contributed by atoms with Crippen molar-refractivity contribution in [2.75, 3.05) is 11.9 Å². The SMILES string of the molecule is O=C(NCCc1ccc2cc[nH]c2n1)Nc1cccc(F)c1. The minimum absolute atomic E-state index is 0.369. The maximum Gasteiger partial charge on any atom is 0.319 e. The molecule has 2 aromatic heterocycles. The van der Waals surface area contributed by atoms with Gasteiger partial charge in [0.1, 0.15) is 11.5 Å². The quantitative estimate of drug-likeness (QED) is 0.693. The van der Waals surface area contributed by atoms with Crippen molar-refractivity contribution in [1.29, 1.82) is 0 Å². The fourth-order valence-electron chi connectivity index (χ4n) is 2.16. The summed E-state index contributed by atoms with van der Waals surface area (Å²) in [5, 5.41) is 6.35. The number of aromatic amines is 1. The fourth-order valence-corrected chi connectivity index (χ4v) is 2.16. The van der Waals surface area contributed by atoms with Crippen LogP contribution >= 0.6 is 0 Å². The second-order valence-corrected chi connectivity index (χ2v) is 4.86. The molecular weight excluding hydrogens is 283 g/mol. The molecule has 1 aromatic carbocycles. The number of anilines is 1. The summed E-state index contributed by atoms with van der Waals surface area (Å²) >= 11 is 0. The van der Waals surface area contributed by atoms with Gasteiger partial charge in [0.15, 0.2) is 0 Å². The van der Waals surface area contributed by atoms with Crippen LogP contribution in [0.3, 0.4) is 0 Å². The van der Waals surface area contributed by atoms with Crippen molar-refractivity contribution in [2.45, 2.75) is 6.42 Å². The Hall–Kier alpha value is -2.89. The Bertz CT molecular complexity index is 799. The topological polar surface area (TPSA) is 69.8 Å². The van der Waals surface area contributed by atoms with Crippen LogP contribution in [0.5, 0.6) is 0 Å². The average Bonchev–Trinajstić information content (AvgIpc) is 2.95. The third-order valence-corrected chi connectivity index (χ3v) is 3.22. The molecule has 0 spiro atoms. The third kappa shape index (κ3) is 3.41. The van der Waals surface area contributed by atoms with Crippen LogP contribution in [0.4, 0.5) is 14.9 Å². The molecule has 112 valence electrons. The Balaban J connectivity index is 1.50. The van der Waals surface area contributed by atoms with Gasteiger partial charge >= 0.3 is 6.03 Å². The molecule has 2 heterocycles. The van der Waals surface area contributed by atoms with E-state index >= 15 is 0 Å². The van der Waals surface area contributed by atoms with Gasteiger partial charge in [0, 0.05) is 35.9 Å². The molecule has 0 unspecified atom stereocenters. The van der Waals surface area contributed by atoms with E-state index in [1.54, 1.807) is 12.1 Å². The van der Waals surface area contributed by atoms with Gasteiger partial charge in [0.2, 0.25) is 0 Å². The summed E-state index contributed by atoms with van der Waals surface area (Å²) in [6.45, 7) is 0.445. The number of hydrogen-bond acceptors (Lipinski definition) is 2. The van der Waals surface area contributed by atoms with Crippen molar-refractivity contribution in [3.63, 3.8) is 0 Å². The molecule has 0 fully saturated rings. The molecule has 0 aliphatic carbocycles. The predicted molar refractivity (Wildman–Crippen MR) is 83.2 cm³/mol. The van der Waals surface area contributed by atoms with Gasteiger partial charge in [-0.1, -0.05) is 6.07 Å². The molecule has 6 heteroatoms. The zero-order chi connectivity index (χ0) is 15.4. The Kier molecular flexibility index (Phi) is 4.00. The molecule has 0 saturated heterocycles. The Morgan fingerprint density at radius 2 is 2.14 bits per heavy atom. The lowest BCUT2D eigenvalue weighted by atomic mass is 10.2. The number of rotatable bonds is 4. The number of H-pyrrole nitrogens is 1. The number of halogens is 1. The van der Waals surface area contributed by atoms with Crippen LogP contribution in [-0.2, 0) is 6.42 Å². The zero-order valence-corrected chi connectivity index (χ0v) is 11.8. The van der Waals surface area contributed by atoms with Crippen LogP contribution in [0.1, 0.15) is 5.69 Å². The van der Waals surface area contributed by atoms with E-state index in [9.17, 15) is 9.18 Å². The number of amides is 2. The van der Waals surface area contributed by atoms with Crippen molar-refractivity contribution in [2.24, 2.45) is 0 Å². The van der Waals surface area contributed by atoms with Gasteiger partial charge in [0.05, 0.1) is 0 Å². The predicted octanol–water partition coefficient (Wildman–Crippen LogP) is 3.07. The first-order valence-corrected chi connectivity index (χ1v) is 6.94. The lowest BCUT2D eigenvalue weighted by molar-refractivity contribution is 0.252. The van der Waals surface area contributed by atoms with E-state index in [-0.39, 0.29) is 11.8 Å². The summed E-state index contributed by atoms with van der Waals surface area (Å²) in [5.41, 5.74) is 2.14. The van der Waals surface area contributed by atoms with E-state index in [1.807, 2.05) is 24.4 Å². The number of hydrogen-bond donors (Lipinski definition) is 3. The molecule has 3 N–H and O–H groups in total. The molecule has 0 aliphatic heterocycles. The summed E-state index contributed by atoms with van der Waals surface area (Å²) in [6, 6.07) is 11.3. The van der Waals surface area contributed by atoms with Crippen LogP contribution in [-0.4, -0.2) is 22.5 Å². The fraction of sp³-hybridized carbons (Fsp3) is 0.125. The molecule has 5 nitrogen and oxygen atoms in total. The highest BCUT2D eigenvalue weighted by molar-refractivity contribution is 5.89. The molecule has 3 rings (SSSR count). The van der Waals surface area contributed by atoms with Gasteiger partial charge in [-0.15, -0.1) is 0 Å². The highest BCUT2D eigenvalue weighted by Gasteiger charge is 2.03. The van der Waals surface area contributed by atoms with Crippen LogP contribution in [0.2, 0.25) is 0 Å². The second-order valence-electron chi connectivity index (χ2n) is 4.86. The van der Waals surface area contributed by atoms with E-state index in [0.717, 1.165) is 16.7 Å². The number of pyridine rings is 1. The summed E-state index contributed by atoms with van der Waals surface area (Å²) in [7, 11) is 0. The van der Waals surface area contributed by atoms with Gasteiger partial charge in [-0.3, -0.25) is 0 Å². The molecule has 0 saturated carbocycles. The first-order valence-electron chi connectivity index (χ1n) is 6.94. The number of fused-ring (bicyclic) bond motifs is 1. The molecular formula is C16H15FN4O. The minimum Gasteiger partial charge on any atom is -0.346 e. The number of aromatic nitrogens is 2. The average molecular weight is 298 g/mol. The van der Waals surface area contributed by atoms with Crippen molar-refractivity contribution >= 4 is 22.8 Å². The number of carbonyl (C=O) groups is 1. The Labute approximate surface area is 126 Å². The largest absolute Gasteiger partial charge is 0.346 e. The maximum atomic E-state index is 13.0. The molecule has 0 atom stereocenters. The highest BCUT2D eigenvalue weighted by Crippen LogP contribution is 2.10. The van der Waals surface area contributed by atoms with Crippen molar-refractivity contribution in [3.05, 3.63) is 60.2 Å². The highest BCUT2D eigenvalue weighted by atomic mass is 19.1. The maximum absolute atomic E-state index is 13.0. The number of nitrogens with one attached hydrogen (secondary N) is 3.